The molecule has 0 radical (unpaired) electrons. The average Bonchev–Trinajstić information content (AvgIpc) is 3.28. The molecule has 0 N–H and O–H groups in total. The molecule has 0 aliphatic carbocycles. The summed E-state index contributed by atoms with van der Waals surface area (Å²) in [5, 5.41) is 8.83. The van der Waals surface area contributed by atoms with Crippen LogP contribution in [-0.4, -0.2) is 33.7 Å². The Kier molecular flexibility index (Phi) is 5.25. The molecule has 6 heteroatoms. The van der Waals surface area contributed by atoms with E-state index in [-0.39, 0.29) is 5.91 Å². The van der Waals surface area contributed by atoms with Crippen molar-refractivity contribution in [2.24, 2.45) is 0 Å². The molecule has 0 fully saturated rings. The van der Waals surface area contributed by atoms with Gasteiger partial charge >= 0.3 is 0 Å². The highest BCUT2D eigenvalue weighted by atomic mass is 32.1. The third-order valence-corrected chi connectivity index (χ3v) is 5.50. The first-order chi connectivity index (χ1) is 13.2. The molecule has 5 nitrogen and oxygen atoms in total. The Morgan fingerprint density at radius 2 is 2.07 bits per heavy atom. The van der Waals surface area contributed by atoms with E-state index in [0.717, 1.165) is 47.8 Å². The van der Waals surface area contributed by atoms with E-state index in [1.165, 1.54) is 0 Å². The zero-order valence-electron chi connectivity index (χ0n) is 15.4. The van der Waals surface area contributed by atoms with Crippen LogP contribution in [0.25, 0.3) is 11.3 Å². The number of aryl methyl sites for hydroxylation is 1. The fourth-order valence-electron chi connectivity index (χ4n) is 3.38. The molecule has 2 aromatic heterocycles. The van der Waals surface area contributed by atoms with E-state index >= 15 is 0 Å². The van der Waals surface area contributed by atoms with E-state index < -0.39 is 0 Å². The van der Waals surface area contributed by atoms with Gasteiger partial charge in [0.05, 0.1) is 31.0 Å². The number of hydrogen-bond donors (Lipinski definition) is 0. The van der Waals surface area contributed by atoms with Crippen LogP contribution in [0.4, 0.5) is 0 Å². The molecule has 1 aliphatic rings. The van der Waals surface area contributed by atoms with Crippen molar-refractivity contribution in [3.05, 3.63) is 58.4 Å². The van der Waals surface area contributed by atoms with Crippen LogP contribution >= 0.6 is 11.3 Å². The van der Waals surface area contributed by atoms with Crippen molar-refractivity contribution in [2.75, 3.05) is 13.2 Å². The maximum Gasteiger partial charge on any atom is 0.227 e. The fourth-order valence-corrected chi connectivity index (χ4v) is 4.05. The highest BCUT2D eigenvalue weighted by Crippen LogP contribution is 2.24. The molecule has 4 rings (SSSR count). The maximum absolute atomic E-state index is 12.7. The number of nitrogens with zero attached hydrogens (tertiary/aromatic N) is 3. The number of thiophene rings is 1. The Labute approximate surface area is 163 Å². The molecule has 3 aromatic rings. The Bertz CT molecular complexity index is 900. The quantitative estimate of drug-likeness (QED) is 0.671. The van der Waals surface area contributed by atoms with E-state index in [1.807, 2.05) is 57.6 Å². The molecule has 0 unspecified atom stereocenters. The molecule has 0 spiro atoms. The Morgan fingerprint density at radius 1 is 1.22 bits per heavy atom. The van der Waals surface area contributed by atoms with Crippen LogP contribution in [0.15, 0.2) is 47.2 Å². The zero-order valence-corrected chi connectivity index (χ0v) is 16.2. The van der Waals surface area contributed by atoms with E-state index in [4.69, 9.17) is 9.84 Å². The SMILES string of the molecule is CCOc1ccc(-c2cc3n(n2)CCCN(C(=O)Cc2ccsc2)C3)cc1. The summed E-state index contributed by atoms with van der Waals surface area (Å²) < 4.78 is 7.55. The summed E-state index contributed by atoms with van der Waals surface area (Å²) in [7, 11) is 0. The van der Waals surface area contributed by atoms with Crippen LogP contribution in [-0.2, 0) is 24.3 Å². The van der Waals surface area contributed by atoms with Gasteiger partial charge in [-0.2, -0.15) is 16.4 Å². The molecule has 0 saturated carbocycles. The van der Waals surface area contributed by atoms with Crippen molar-refractivity contribution in [2.45, 2.75) is 32.9 Å². The first-order valence-electron chi connectivity index (χ1n) is 9.31. The van der Waals surface area contributed by atoms with Crippen molar-refractivity contribution in [3.63, 3.8) is 0 Å². The van der Waals surface area contributed by atoms with Gasteiger partial charge in [0, 0.05) is 18.7 Å². The van der Waals surface area contributed by atoms with Crippen molar-refractivity contribution >= 4 is 17.2 Å². The Balaban J connectivity index is 1.50. The lowest BCUT2D eigenvalue weighted by Gasteiger charge is -2.19. The molecule has 1 aromatic carbocycles. The molecule has 140 valence electrons. The summed E-state index contributed by atoms with van der Waals surface area (Å²) in [4.78, 5) is 14.6. The third kappa shape index (κ3) is 4.06. The largest absolute Gasteiger partial charge is 0.494 e. The van der Waals surface area contributed by atoms with Crippen molar-refractivity contribution < 1.29 is 9.53 Å². The van der Waals surface area contributed by atoms with Crippen molar-refractivity contribution in [1.82, 2.24) is 14.7 Å². The first-order valence-corrected chi connectivity index (χ1v) is 10.3. The second kappa shape index (κ2) is 7.96. The van der Waals surface area contributed by atoms with Gasteiger partial charge in [-0.05, 0) is 66.1 Å². The Hall–Kier alpha value is -2.60. The van der Waals surface area contributed by atoms with E-state index in [0.29, 0.717) is 19.6 Å². The van der Waals surface area contributed by atoms with Crippen molar-refractivity contribution in [1.29, 1.82) is 0 Å². The molecule has 1 aliphatic heterocycles. The lowest BCUT2D eigenvalue weighted by Crippen LogP contribution is -2.31. The standard InChI is InChI=1S/C21H23N3O2S/c1-2-26-19-6-4-17(5-7-19)20-13-18-14-23(9-3-10-24(18)22-20)21(25)12-16-8-11-27-15-16/h4-8,11,13,15H,2-3,9-10,12,14H2,1H3. The third-order valence-electron chi connectivity index (χ3n) is 4.76. The van der Waals surface area contributed by atoms with Crippen LogP contribution in [0.2, 0.25) is 0 Å². The zero-order chi connectivity index (χ0) is 18.6. The summed E-state index contributed by atoms with van der Waals surface area (Å²) in [5.74, 6) is 1.05. The van der Waals surface area contributed by atoms with Gasteiger partial charge in [-0.25, -0.2) is 0 Å². The number of rotatable bonds is 5. The van der Waals surface area contributed by atoms with Gasteiger partial charge in [-0.3, -0.25) is 9.48 Å². The number of amides is 1. The summed E-state index contributed by atoms with van der Waals surface area (Å²) >= 11 is 1.63. The lowest BCUT2D eigenvalue weighted by molar-refractivity contribution is -0.131. The molecule has 0 bridgehead atoms. The second-order valence-corrected chi connectivity index (χ2v) is 7.46. The van der Waals surface area contributed by atoms with Crippen LogP contribution < -0.4 is 4.74 Å². The molecule has 3 heterocycles. The number of hydrogen-bond acceptors (Lipinski definition) is 4. The van der Waals surface area contributed by atoms with Gasteiger partial charge in [0.15, 0.2) is 0 Å². The van der Waals surface area contributed by atoms with Crippen LogP contribution in [0.1, 0.15) is 24.6 Å². The molecule has 1 amide bonds. The minimum absolute atomic E-state index is 0.186. The highest BCUT2D eigenvalue weighted by Gasteiger charge is 2.21. The van der Waals surface area contributed by atoms with Crippen LogP contribution in [0, 0.1) is 0 Å². The first kappa shape index (κ1) is 17.8. The van der Waals surface area contributed by atoms with Crippen LogP contribution in [0.5, 0.6) is 5.75 Å². The maximum atomic E-state index is 12.7. The minimum atomic E-state index is 0.186. The monoisotopic (exact) mass is 381 g/mol. The lowest BCUT2D eigenvalue weighted by atomic mass is 10.1. The van der Waals surface area contributed by atoms with Gasteiger partial charge < -0.3 is 9.64 Å². The number of fused-ring (bicyclic) bond motifs is 1. The second-order valence-electron chi connectivity index (χ2n) is 6.68. The average molecular weight is 382 g/mol. The van der Waals surface area contributed by atoms with Gasteiger partial charge in [0.1, 0.15) is 5.75 Å². The topological polar surface area (TPSA) is 47.4 Å². The van der Waals surface area contributed by atoms with Gasteiger partial charge in [0.2, 0.25) is 5.91 Å². The summed E-state index contributed by atoms with van der Waals surface area (Å²) in [6.45, 7) is 4.88. The van der Waals surface area contributed by atoms with Gasteiger partial charge in [-0.15, -0.1) is 0 Å². The van der Waals surface area contributed by atoms with E-state index in [9.17, 15) is 4.79 Å². The van der Waals surface area contributed by atoms with E-state index in [1.54, 1.807) is 11.3 Å². The van der Waals surface area contributed by atoms with Gasteiger partial charge in [-0.1, -0.05) is 0 Å². The summed E-state index contributed by atoms with van der Waals surface area (Å²) in [6.07, 6.45) is 1.40. The van der Waals surface area contributed by atoms with E-state index in [2.05, 4.69) is 6.07 Å². The number of benzene rings is 1. The highest BCUT2D eigenvalue weighted by molar-refractivity contribution is 7.08. The molecule has 0 atom stereocenters. The fraction of sp³-hybridized carbons (Fsp3) is 0.333. The number of carbonyl (C=O) groups excluding carboxylic acids is 1. The summed E-state index contributed by atoms with van der Waals surface area (Å²) in [6, 6.07) is 12.1. The van der Waals surface area contributed by atoms with Crippen molar-refractivity contribution in [3.8, 4) is 17.0 Å². The molecule has 27 heavy (non-hydrogen) atoms. The minimum Gasteiger partial charge on any atom is -0.494 e. The Morgan fingerprint density at radius 3 is 2.81 bits per heavy atom. The molecular weight excluding hydrogens is 358 g/mol. The molecular formula is C21H23N3O2S. The predicted octanol–water partition coefficient (Wildman–Crippen LogP) is 3.99. The molecule has 0 saturated heterocycles. The number of carbonyl (C=O) groups is 1. The normalized spacial score (nSPS) is 13.9. The van der Waals surface area contributed by atoms with Gasteiger partial charge in [0.25, 0.3) is 0 Å². The summed E-state index contributed by atoms with van der Waals surface area (Å²) in [5.41, 5.74) is 4.20. The van der Waals surface area contributed by atoms with Crippen LogP contribution in [0.3, 0.4) is 0 Å². The predicted molar refractivity (Wildman–Crippen MR) is 107 cm³/mol. The number of ether oxygens (including phenoxy) is 1. The smallest absolute Gasteiger partial charge is 0.227 e. The number of aromatic nitrogens is 2.